The number of hydrogen-bond acceptors (Lipinski definition) is 3. The van der Waals surface area contributed by atoms with Gasteiger partial charge in [-0.15, -0.1) is 0 Å². The summed E-state index contributed by atoms with van der Waals surface area (Å²) in [4.78, 5) is 14.9. The highest BCUT2D eigenvalue weighted by molar-refractivity contribution is 6.36. The molecule has 25 heavy (non-hydrogen) atoms. The van der Waals surface area contributed by atoms with Gasteiger partial charge in [0.2, 0.25) is 0 Å². The molecule has 1 saturated heterocycles. The second-order valence-electron chi connectivity index (χ2n) is 6.04. The Bertz CT molecular complexity index is 742. The molecule has 1 N–H and O–H groups in total. The van der Waals surface area contributed by atoms with E-state index in [1.54, 1.807) is 18.2 Å². The van der Waals surface area contributed by atoms with Crippen molar-refractivity contribution in [1.29, 1.82) is 0 Å². The summed E-state index contributed by atoms with van der Waals surface area (Å²) >= 11 is 12.0. The summed E-state index contributed by atoms with van der Waals surface area (Å²) < 4.78 is 7.54. The highest BCUT2D eigenvalue weighted by atomic mass is 35.5. The van der Waals surface area contributed by atoms with Gasteiger partial charge in [-0.3, -0.25) is 9.69 Å². The zero-order chi connectivity index (χ0) is 17.8. The normalized spacial score (nSPS) is 16.6. The Balaban J connectivity index is 1.74. The van der Waals surface area contributed by atoms with E-state index in [0.717, 1.165) is 18.8 Å². The minimum atomic E-state index is -0.200. The van der Waals surface area contributed by atoms with Crippen molar-refractivity contribution in [3.63, 3.8) is 0 Å². The van der Waals surface area contributed by atoms with Gasteiger partial charge >= 0.3 is 0 Å². The number of nitrogens with one attached hydrogen (secondary N) is 1. The zero-order valence-corrected chi connectivity index (χ0v) is 15.6. The number of carbonyl (C=O) groups is 1. The summed E-state index contributed by atoms with van der Waals surface area (Å²) in [6.07, 6.45) is 2.01. The van der Waals surface area contributed by atoms with Crippen LogP contribution in [-0.4, -0.2) is 48.2 Å². The number of carbonyl (C=O) groups excluding carboxylic acids is 1. The van der Waals surface area contributed by atoms with E-state index in [1.165, 1.54) is 0 Å². The molecule has 1 aliphatic heterocycles. The van der Waals surface area contributed by atoms with Crippen LogP contribution >= 0.6 is 23.2 Å². The van der Waals surface area contributed by atoms with E-state index in [1.807, 2.05) is 19.3 Å². The number of aromatic nitrogens is 1. The van der Waals surface area contributed by atoms with Gasteiger partial charge in [0.05, 0.1) is 29.8 Å². The lowest BCUT2D eigenvalue weighted by molar-refractivity contribution is 0.0148. The number of nitrogens with zero attached hydrogens (tertiary/aromatic N) is 2. The maximum atomic E-state index is 12.5. The summed E-state index contributed by atoms with van der Waals surface area (Å²) in [6, 6.07) is 9.07. The molecule has 1 aromatic carbocycles. The molecule has 5 nitrogen and oxygen atoms in total. The lowest BCUT2D eigenvalue weighted by Gasteiger charge is -2.35. The molecule has 2 heterocycles. The SMILES string of the molecule is Cn1cccc1C(CNC(=O)c1ccc(Cl)cc1Cl)N1CCOCC1. The Labute approximate surface area is 157 Å². The molecule has 134 valence electrons. The fraction of sp³-hybridized carbons (Fsp3) is 0.389. The van der Waals surface area contributed by atoms with Crippen molar-refractivity contribution >= 4 is 29.1 Å². The van der Waals surface area contributed by atoms with Crippen LogP contribution < -0.4 is 5.32 Å². The molecule has 1 unspecified atom stereocenters. The van der Waals surface area contributed by atoms with Crippen LogP contribution in [0.2, 0.25) is 10.0 Å². The number of rotatable bonds is 5. The number of ether oxygens (including phenoxy) is 1. The summed E-state index contributed by atoms with van der Waals surface area (Å²) in [6.45, 7) is 3.59. The fourth-order valence-corrected chi connectivity index (χ4v) is 3.58. The largest absolute Gasteiger partial charge is 0.379 e. The molecular formula is C18H21Cl2N3O2. The maximum Gasteiger partial charge on any atom is 0.252 e. The molecule has 1 aromatic heterocycles. The van der Waals surface area contributed by atoms with Gasteiger partial charge < -0.3 is 14.6 Å². The van der Waals surface area contributed by atoms with Crippen LogP contribution in [0.5, 0.6) is 0 Å². The molecule has 2 aromatic rings. The van der Waals surface area contributed by atoms with Crippen molar-refractivity contribution in [1.82, 2.24) is 14.8 Å². The minimum Gasteiger partial charge on any atom is -0.379 e. The Kier molecular flexibility index (Phi) is 6.02. The van der Waals surface area contributed by atoms with Gasteiger partial charge in [-0.25, -0.2) is 0 Å². The summed E-state index contributed by atoms with van der Waals surface area (Å²) in [5.74, 6) is -0.200. The van der Waals surface area contributed by atoms with E-state index in [-0.39, 0.29) is 11.9 Å². The van der Waals surface area contributed by atoms with Crippen LogP contribution in [0.1, 0.15) is 22.1 Å². The molecule has 0 bridgehead atoms. The topological polar surface area (TPSA) is 46.5 Å². The second kappa shape index (κ2) is 8.23. The van der Waals surface area contributed by atoms with E-state index in [2.05, 4.69) is 20.9 Å². The number of aryl methyl sites for hydroxylation is 1. The highest BCUT2D eigenvalue weighted by Gasteiger charge is 2.25. The first-order valence-corrected chi connectivity index (χ1v) is 8.98. The number of amides is 1. The highest BCUT2D eigenvalue weighted by Crippen LogP contribution is 2.23. The van der Waals surface area contributed by atoms with E-state index < -0.39 is 0 Å². The lowest BCUT2D eigenvalue weighted by atomic mass is 10.1. The van der Waals surface area contributed by atoms with Crippen molar-refractivity contribution in [3.05, 3.63) is 57.8 Å². The molecule has 1 amide bonds. The van der Waals surface area contributed by atoms with Gasteiger partial charge in [0.15, 0.2) is 0 Å². The van der Waals surface area contributed by atoms with E-state index in [4.69, 9.17) is 27.9 Å². The summed E-state index contributed by atoms with van der Waals surface area (Å²) in [5, 5.41) is 3.87. The lowest BCUT2D eigenvalue weighted by Crippen LogP contribution is -2.44. The van der Waals surface area contributed by atoms with Crippen LogP contribution in [0.3, 0.4) is 0 Å². The quantitative estimate of drug-likeness (QED) is 0.865. The molecule has 0 radical (unpaired) electrons. The Morgan fingerprint density at radius 2 is 2.04 bits per heavy atom. The fourth-order valence-electron chi connectivity index (χ4n) is 3.09. The van der Waals surface area contributed by atoms with Crippen LogP contribution in [0.15, 0.2) is 36.5 Å². The molecule has 1 aliphatic rings. The van der Waals surface area contributed by atoms with Gasteiger partial charge in [0.25, 0.3) is 5.91 Å². The Morgan fingerprint density at radius 3 is 2.68 bits per heavy atom. The molecular weight excluding hydrogens is 361 g/mol. The standard InChI is InChI=1S/C18H21Cl2N3O2/c1-22-6-2-3-16(22)17(23-7-9-25-10-8-23)12-21-18(24)14-5-4-13(19)11-15(14)20/h2-6,11,17H,7-10,12H2,1H3,(H,21,24). The second-order valence-corrected chi connectivity index (χ2v) is 6.89. The first-order valence-electron chi connectivity index (χ1n) is 8.22. The molecule has 7 heteroatoms. The third kappa shape index (κ3) is 4.36. The number of morpholine rings is 1. The molecule has 1 atom stereocenters. The molecule has 1 fully saturated rings. The van der Waals surface area contributed by atoms with E-state index >= 15 is 0 Å². The predicted octanol–water partition coefficient (Wildman–Crippen LogP) is 3.14. The number of halogens is 2. The summed E-state index contributed by atoms with van der Waals surface area (Å²) in [7, 11) is 2.01. The smallest absolute Gasteiger partial charge is 0.252 e. The molecule has 0 saturated carbocycles. The monoisotopic (exact) mass is 381 g/mol. The molecule has 0 spiro atoms. The maximum absolute atomic E-state index is 12.5. The molecule has 0 aliphatic carbocycles. The average Bonchev–Trinajstić information content (AvgIpc) is 3.02. The van der Waals surface area contributed by atoms with Gasteiger partial charge in [-0.05, 0) is 30.3 Å². The predicted molar refractivity (Wildman–Crippen MR) is 99.3 cm³/mol. The first-order chi connectivity index (χ1) is 12.1. The molecule has 3 rings (SSSR count). The van der Waals surface area contributed by atoms with Crippen molar-refractivity contribution < 1.29 is 9.53 Å². The Hall–Kier alpha value is -1.53. The van der Waals surface area contributed by atoms with Gasteiger partial charge in [-0.1, -0.05) is 23.2 Å². The third-order valence-corrected chi connectivity index (χ3v) is 4.99. The van der Waals surface area contributed by atoms with Crippen LogP contribution in [-0.2, 0) is 11.8 Å². The van der Waals surface area contributed by atoms with Crippen LogP contribution in [0, 0.1) is 0 Å². The van der Waals surface area contributed by atoms with Crippen molar-refractivity contribution in [3.8, 4) is 0 Å². The van der Waals surface area contributed by atoms with Gasteiger partial charge in [0, 0.05) is 43.6 Å². The van der Waals surface area contributed by atoms with Crippen molar-refractivity contribution in [2.24, 2.45) is 7.05 Å². The minimum absolute atomic E-state index is 0.0823. The van der Waals surface area contributed by atoms with Crippen molar-refractivity contribution in [2.45, 2.75) is 6.04 Å². The number of benzene rings is 1. The average molecular weight is 382 g/mol. The zero-order valence-electron chi connectivity index (χ0n) is 14.0. The van der Waals surface area contributed by atoms with E-state index in [9.17, 15) is 4.79 Å². The van der Waals surface area contributed by atoms with Crippen LogP contribution in [0.25, 0.3) is 0 Å². The third-order valence-electron chi connectivity index (χ3n) is 4.44. The number of hydrogen-bond donors (Lipinski definition) is 1. The Morgan fingerprint density at radius 1 is 1.28 bits per heavy atom. The van der Waals surface area contributed by atoms with E-state index in [0.29, 0.717) is 35.4 Å². The van der Waals surface area contributed by atoms with Gasteiger partial charge in [0.1, 0.15) is 0 Å². The first kappa shape index (κ1) is 18.3. The summed E-state index contributed by atoms with van der Waals surface area (Å²) in [5.41, 5.74) is 1.59. The van der Waals surface area contributed by atoms with Crippen molar-refractivity contribution in [2.75, 3.05) is 32.8 Å². The van der Waals surface area contributed by atoms with Gasteiger partial charge in [-0.2, -0.15) is 0 Å². The van der Waals surface area contributed by atoms with Crippen LogP contribution in [0.4, 0.5) is 0 Å².